The first-order valence-corrected chi connectivity index (χ1v) is 6.27. The Kier molecular flexibility index (Phi) is 3.68. The number of alkyl halides is 3. The van der Waals surface area contributed by atoms with Gasteiger partial charge < -0.3 is 10.3 Å². The van der Waals surface area contributed by atoms with Crippen molar-refractivity contribution in [2.24, 2.45) is 0 Å². The first kappa shape index (κ1) is 13.7. The number of para-hydroxylation sites is 1. The van der Waals surface area contributed by atoms with E-state index in [0.717, 1.165) is 12.8 Å². The number of rotatable bonds is 4. The average Bonchev–Trinajstić information content (AvgIpc) is 2.70. The van der Waals surface area contributed by atoms with Crippen molar-refractivity contribution in [3.05, 3.63) is 24.0 Å². The predicted molar refractivity (Wildman–Crippen MR) is 68.7 cm³/mol. The monoisotopic (exact) mass is 271 g/mol. The van der Waals surface area contributed by atoms with Crippen molar-refractivity contribution in [2.75, 3.05) is 5.73 Å². The number of imidazole rings is 1. The second-order valence-corrected chi connectivity index (χ2v) is 4.51. The van der Waals surface area contributed by atoms with Gasteiger partial charge in [-0.3, -0.25) is 0 Å². The first-order valence-electron chi connectivity index (χ1n) is 6.27. The van der Waals surface area contributed by atoms with Gasteiger partial charge in [0, 0.05) is 6.54 Å². The number of aromatic nitrogens is 2. The molecule has 2 rings (SSSR count). The van der Waals surface area contributed by atoms with E-state index in [4.69, 9.17) is 5.73 Å². The van der Waals surface area contributed by atoms with Crippen LogP contribution in [0.5, 0.6) is 0 Å². The lowest BCUT2D eigenvalue weighted by Gasteiger charge is -2.10. The maximum atomic E-state index is 13.0. The van der Waals surface area contributed by atoms with Gasteiger partial charge in [-0.05, 0) is 18.6 Å². The maximum Gasteiger partial charge on any atom is 0.449 e. The second kappa shape index (κ2) is 5.11. The van der Waals surface area contributed by atoms with Gasteiger partial charge in [0.15, 0.2) is 0 Å². The molecule has 3 nitrogen and oxygen atoms in total. The van der Waals surface area contributed by atoms with Gasteiger partial charge in [0.05, 0.1) is 11.2 Å². The molecule has 0 fully saturated rings. The van der Waals surface area contributed by atoms with Crippen molar-refractivity contribution in [3.8, 4) is 0 Å². The van der Waals surface area contributed by atoms with Crippen LogP contribution in [0.25, 0.3) is 11.0 Å². The van der Waals surface area contributed by atoms with E-state index in [-0.39, 0.29) is 11.2 Å². The number of nitrogens with zero attached hydrogens (tertiary/aromatic N) is 2. The fourth-order valence-electron chi connectivity index (χ4n) is 2.13. The third-order valence-electron chi connectivity index (χ3n) is 3.05. The standard InChI is InChI=1S/C13H16F3N3/c1-2-3-4-8-19-10-7-5-6-9(17)11(10)18-12(19)13(14,15)16/h5-7H,2-4,8,17H2,1H3. The molecule has 2 aromatic rings. The molecule has 0 aliphatic heterocycles. The number of anilines is 1. The van der Waals surface area contributed by atoms with Crippen molar-refractivity contribution >= 4 is 16.7 Å². The SMILES string of the molecule is CCCCCn1c(C(F)(F)F)nc2c(N)cccc21. The molecule has 6 heteroatoms. The lowest BCUT2D eigenvalue weighted by Crippen LogP contribution is -2.15. The van der Waals surface area contributed by atoms with Crippen molar-refractivity contribution in [1.82, 2.24) is 9.55 Å². The summed E-state index contributed by atoms with van der Waals surface area (Å²) in [6.07, 6.45) is -1.92. The van der Waals surface area contributed by atoms with Gasteiger partial charge in [0.2, 0.25) is 5.82 Å². The third kappa shape index (κ3) is 2.67. The molecule has 19 heavy (non-hydrogen) atoms. The second-order valence-electron chi connectivity index (χ2n) is 4.51. The van der Waals surface area contributed by atoms with Crippen LogP contribution in [0.4, 0.5) is 18.9 Å². The molecule has 0 aliphatic carbocycles. The van der Waals surface area contributed by atoms with Crippen molar-refractivity contribution in [1.29, 1.82) is 0 Å². The van der Waals surface area contributed by atoms with Gasteiger partial charge in [0.1, 0.15) is 5.52 Å². The summed E-state index contributed by atoms with van der Waals surface area (Å²) in [5.74, 6) is -0.864. The molecule has 0 saturated heterocycles. The zero-order chi connectivity index (χ0) is 14.0. The molecule has 0 bridgehead atoms. The van der Waals surface area contributed by atoms with E-state index in [1.807, 2.05) is 6.92 Å². The summed E-state index contributed by atoms with van der Waals surface area (Å²) in [6, 6.07) is 4.83. The predicted octanol–water partition coefficient (Wildman–Crippen LogP) is 3.83. The van der Waals surface area contributed by atoms with Crippen LogP contribution in [0.15, 0.2) is 18.2 Å². The number of fused-ring (bicyclic) bond motifs is 1. The summed E-state index contributed by atoms with van der Waals surface area (Å²) in [5, 5.41) is 0. The van der Waals surface area contributed by atoms with Crippen LogP contribution in [0.2, 0.25) is 0 Å². The van der Waals surface area contributed by atoms with Gasteiger partial charge in [-0.1, -0.05) is 25.8 Å². The van der Waals surface area contributed by atoms with Crippen molar-refractivity contribution in [3.63, 3.8) is 0 Å². The highest BCUT2D eigenvalue weighted by Crippen LogP contribution is 2.33. The van der Waals surface area contributed by atoms with Gasteiger partial charge in [-0.15, -0.1) is 0 Å². The van der Waals surface area contributed by atoms with Crippen LogP contribution in [0, 0.1) is 0 Å². The highest BCUT2D eigenvalue weighted by molar-refractivity contribution is 5.87. The highest BCUT2D eigenvalue weighted by atomic mass is 19.4. The number of benzene rings is 1. The van der Waals surface area contributed by atoms with E-state index in [9.17, 15) is 13.2 Å². The molecule has 2 N–H and O–H groups in total. The molecule has 0 unspecified atom stereocenters. The first-order chi connectivity index (χ1) is 8.95. The molecule has 0 spiro atoms. The van der Waals surface area contributed by atoms with E-state index < -0.39 is 12.0 Å². The normalized spacial score (nSPS) is 12.2. The summed E-state index contributed by atoms with van der Waals surface area (Å²) < 4.78 is 40.2. The number of nitrogens with two attached hydrogens (primary N) is 1. The summed E-state index contributed by atoms with van der Waals surface area (Å²) in [4.78, 5) is 3.68. The lowest BCUT2D eigenvalue weighted by atomic mass is 10.2. The topological polar surface area (TPSA) is 43.8 Å². The highest BCUT2D eigenvalue weighted by Gasteiger charge is 2.37. The number of halogens is 3. The molecule has 0 radical (unpaired) electrons. The smallest absolute Gasteiger partial charge is 0.397 e. The molecule has 1 heterocycles. The number of unbranched alkanes of at least 4 members (excludes halogenated alkanes) is 2. The summed E-state index contributed by atoms with van der Waals surface area (Å²) >= 11 is 0. The van der Waals surface area contributed by atoms with Crippen LogP contribution >= 0.6 is 0 Å². The van der Waals surface area contributed by atoms with Gasteiger partial charge in [-0.25, -0.2) is 4.98 Å². The minimum atomic E-state index is -4.46. The molecular weight excluding hydrogens is 255 g/mol. The minimum Gasteiger partial charge on any atom is -0.397 e. The molecule has 1 aromatic carbocycles. The van der Waals surface area contributed by atoms with Crippen LogP contribution in [0.3, 0.4) is 0 Å². The Morgan fingerprint density at radius 3 is 2.63 bits per heavy atom. The molecule has 1 aromatic heterocycles. The minimum absolute atomic E-state index is 0.228. The molecule has 0 atom stereocenters. The Morgan fingerprint density at radius 2 is 2.00 bits per heavy atom. The Hall–Kier alpha value is -1.72. The van der Waals surface area contributed by atoms with Crippen molar-refractivity contribution < 1.29 is 13.2 Å². The molecule has 104 valence electrons. The van der Waals surface area contributed by atoms with Gasteiger partial charge >= 0.3 is 6.18 Å². The van der Waals surface area contributed by atoms with E-state index in [0.29, 0.717) is 18.5 Å². The van der Waals surface area contributed by atoms with Crippen LogP contribution < -0.4 is 5.73 Å². The Morgan fingerprint density at radius 1 is 1.26 bits per heavy atom. The van der Waals surface area contributed by atoms with E-state index in [1.165, 1.54) is 4.57 Å². The van der Waals surface area contributed by atoms with Gasteiger partial charge in [0.25, 0.3) is 0 Å². The number of hydrogen-bond donors (Lipinski definition) is 1. The summed E-state index contributed by atoms with van der Waals surface area (Å²) in [5.41, 5.74) is 6.64. The zero-order valence-electron chi connectivity index (χ0n) is 10.7. The fourth-order valence-corrected chi connectivity index (χ4v) is 2.13. The lowest BCUT2D eigenvalue weighted by molar-refractivity contribution is -0.146. The third-order valence-corrected chi connectivity index (χ3v) is 3.05. The summed E-state index contributed by atoms with van der Waals surface area (Å²) in [6.45, 7) is 2.32. The maximum absolute atomic E-state index is 13.0. The summed E-state index contributed by atoms with van der Waals surface area (Å²) in [7, 11) is 0. The number of hydrogen-bond acceptors (Lipinski definition) is 2. The average molecular weight is 271 g/mol. The number of aryl methyl sites for hydroxylation is 1. The quantitative estimate of drug-likeness (QED) is 0.678. The van der Waals surface area contributed by atoms with Crippen molar-refractivity contribution in [2.45, 2.75) is 38.9 Å². The van der Waals surface area contributed by atoms with E-state index in [1.54, 1.807) is 18.2 Å². The Balaban J connectivity index is 2.53. The number of nitrogen functional groups attached to an aromatic ring is 1. The largest absolute Gasteiger partial charge is 0.449 e. The Labute approximate surface area is 109 Å². The van der Waals surface area contributed by atoms with E-state index >= 15 is 0 Å². The van der Waals surface area contributed by atoms with Crippen LogP contribution in [0.1, 0.15) is 32.0 Å². The molecular formula is C13H16F3N3. The van der Waals surface area contributed by atoms with Gasteiger partial charge in [-0.2, -0.15) is 13.2 Å². The molecule has 0 saturated carbocycles. The van der Waals surface area contributed by atoms with Crippen LogP contribution in [-0.2, 0) is 12.7 Å². The molecule has 0 aliphatic rings. The van der Waals surface area contributed by atoms with Crippen LogP contribution in [-0.4, -0.2) is 9.55 Å². The molecule has 0 amide bonds. The van der Waals surface area contributed by atoms with E-state index in [2.05, 4.69) is 4.98 Å². The zero-order valence-corrected chi connectivity index (χ0v) is 10.7. The fraction of sp³-hybridized carbons (Fsp3) is 0.462. The Bertz CT molecular complexity index is 572.